The van der Waals surface area contributed by atoms with Crippen LogP contribution in [0.5, 0.6) is 0 Å². The normalized spacial score (nSPS) is 14.5. The van der Waals surface area contributed by atoms with Crippen molar-refractivity contribution < 1.29 is 19.7 Å². The van der Waals surface area contributed by atoms with Crippen LogP contribution in [0, 0.1) is 0 Å². The minimum atomic E-state index is -1.12. The summed E-state index contributed by atoms with van der Waals surface area (Å²) in [7, 11) is 1.29. The molecule has 0 saturated heterocycles. The van der Waals surface area contributed by atoms with Crippen molar-refractivity contribution in [1.29, 1.82) is 0 Å². The third kappa shape index (κ3) is 5.76. The van der Waals surface area contributed by atoms with Crippen LogP contribution in [-0.4, -0.2) is 37.0 Å². The number of rotatable bonds is 7. The van der Waals surface area contributed by atoms with Gasteiger partial charge in [-0.05, 0) is 12.5 Å². The van der Waals surface area contributed by atoms with Crippen LogP contribution in [0.3, 0.4) is 0 Å². The van der Waals surface area contributed by atoms with E-state index in [0.717, 1.165) is 12.7 Å². The van der Waals surface area contributed by atoms with Gasteiger partial charge in [0.05, 0.1) is 13.4 Å². The van der Waals surface area contributed by atoms with Gasteiger partial charge in [-0.3, -0.25) is 0 Å². The summed E-state index contributed by atoms with van der Waals surface area (Å²) in [5.41, 5.74) is 5.65. The quantitative estimate of drug-likeness (QED) is 0.283. The number of hydrogen-bond acceptors (Lipinski definition) is 5. The summed E-state index contributed by atoms with van der Waals surface area (Å²) in [5.74, 6) is -1.12. The Bertz CT molecular complexity index is 299. The summed E-state index contributed by atoms with van der Waals surface area (Å²) in [4.78, 5) is 26.8. The van der Waals surface area contributed by atoms with Crippen molar-refractivity contribution in [1.82, 2.24) is 0 Å². The monoisotopic (exact) mass is 229 g/mol. The molecule has 0 unspecified atom stereocenters. The maximum Gasteiger partial charge on any atom is 0.332 e. The zero-order chi connectivity index (χ0) is 12.4. The Morgan fingerprint density at radius 2 is 2.31 bits per heavy atom. The lowest BCUT2D eigenvalue weighted by atomic mass is 10.2. The van der Waals surface area contributed by atoms with Crippen molar-refractivity contribution >= 4 is 18.7 Å². The summed E-state index contributed by atoms with van der Waals surface area (Å²) in [6.45, 7) is 1.83. The fraction of sp³-hybridized carbons (Fsp3) is 0.444. The molecule has 0 rings (SSSR count). The number of nitrogens with zero attached hydrogens (tertiary/aromatic N) is 2. The molecule has 3 N–H and O–H groups in total. The zero-order valence-electron chi connectivity index (χ0n) is 9.16. The van der Waals surface area contributed by atoms with Crippen LogP contribution in [0.1, 0.15) is 13.3 Å². The first kappa shape index (κ1) is 14.1. The third-order valence-corrected chi connectivity index (χ3v) is 1.57. The van der Waals surface area contributed by atoms with Gasteiger partial charge in [-0.25, -0.2) is 14.8 Å². The molecular weight excluding hydrogens is 214 g/mol. The average molecular weight is 229 g/mol. The van der Waals surface area contributed by atoms with Crippen LogP contribution < -0.4 is 5.73 Å². The molecule has 0 saturated carbocycles. The topological polar surface area (TPSA) is 106 Å². The van der Waals surface area contributed by atoms with E-state index in [4.69, 9.17) is 10.8 Å². The minimum absolute atomic E-state index is 0.532. The summed E-state index contributed by atoms with van der Waals surface area (Å²) in [6, 6.07) is -1.08. The van der Waals surface area contributed by atoms with E-state index in [0.29, 0.717) is 12.1 Å². The average Bonchev–Trinajstić information content (AvgIpc) is 2.26. The van der Waals surface area contributed by atoms with Gasteiger partial charge in [0.15, 0.2) is 6.04 Å². The van der Waals surface area contributed by atoms with E-state index in [-0.39, 0.29) is 0 Å². The predicted molar refractivity (Wildman–Crippen MR) is 59.1 cm³/mol. The first-order valence-corrected chi connectivity index (χ1v) is 4.54. The highest BCUT2D eigenvalue weighted by molar-refractivity contribution is 5.77. The van der Waals surface area contributed by atoms with E-state index >= 15 is 0 Å². The van der Waals surface area contributed by atoms with Gasteiger partial charge in [0, 0.05) is 5.70 Å². The first-order chi connectivity index (χ1) is 7.65. The van der Waals surface area contributed by atoms with Gasteiger partial charge in [0.1, 0.15) is 0 Å². The number of carboxylic acids is 1. The van der Waals surface area contributed by atoms with Crippen molar-refractivity contribution in [2.45, 2.75) is 19.4 Å². The lowest BCUT2D eigenvalue weighted by Crippen LogP contribution is -2.16. The van der Waals surface area contributed by atoms with Gasteiger partial charge in [-0.1, -0.05) is 6.92 Å². The van der Waals surface area contributed by atoms with Crippen molar-refractivity contribution in [2.24, 2.45) is 15.7 Å². The second-order valence-electron chi connectivity index (χ2n) is 2.59. The van der Waals surface area contributed by atoms with E-state index in [1.807, 2.05) is 6.92 Å². The Balaban J connectivity index is 4.71. The van der Waals surface area contributed by atoms with Crippen LogP contribution in [0.15, 0.2) is 21.8 Å². The first-order valence-electron chi connectivity index (χ1n) is 4.54. The number of aliphatic imine (C=N–C) groups is 2. The van der Waals surface area contributed by atoms with Crippen molar-refractivity contribution in [3.63, 3.8) is 0 Å². The molecule has 0 aromatic rings. The fourth-order valence-electron chi connectivity index (χ4n) is 0.842. The second-order valence-corrected chi connectivity index (χ2v) is 2.59. The molecule has 90 valence electrons. The van der Waals surface area contributed by atoms with Crippen LogP contribution >= 0.6 is 0 Å². The van der Waals surface area contributed by atoms with Crippen LogP contribution in [0.2, 0.25) is 0 Å². The molecule has 0 aromatic heterocycles. The van der Waals surface area contributed by atoms with Gasteiger partial charge < -0.3 is 15.7 Å². The highest BCUT2D eigenvalue weighted by Gasteiger charge is 2.13. The molecule has 1 atom stereocenters. The lowest BCUT2D eigenvalue weighted by molar-refractivity contribution is -0.188. The summed E-state index contributed by atoms with van der Waals surface area (Å²) in [6.07, 6.45) is 3.94. The molecule has 7 heteroatoms. The molecule has 16 heavy (non-hydrogen) atoms. The van der Waals surface area contributed by atoms with Gasteiger partial charge in [-0.2, -0.15) is 4.89 Å². The number of carbonyl (C=O) groups is 1. The molecule has 0 spiro atoms. The molecule has 0 radical (unpaired) electrons. The second kappa shape index (κ2) is 8.42. The third-order valence-electron chi connectivity index (χ3n) is 1.57. The summed E-state index contributed by atoms with van der Waals surface area (Å²) in [5, 5.41) is 8.85. The number of hydrogen-bond donors (Lipinski definition) is 2. The lowest BCUT2D eigenvalue weighted by Gasteiger charge is -2.03. The predicted octanol–water partition coefficient (Wildman–Crippen LogP) is 0.327. The number of nitrogens with two attached hydrogens (primary N) is 1. The minimum Gasteiger partial charge on any atom is -0.479 e. The Kier molecular flexibility index (Phi) is 7.43. The van der Waals surface area contributed by atoms with Gasteiger partial charge in [0.2, 0.25) is 6.40 Å². The number of carboxylic acid groups (broad SMARTS) is 1. The Morgan fingerprint density at radius 3 is 2.75 bits per heavy atom. The molecule has 0 aromatic carbocycles. The zero-order valence-corrected chi connectivity index (χ0v) is 9.16. The Hall–Kier alpha value is -1.89. The maximum atomic E-state index is 10.8. The molecule has 7 nitrogen and oxygen atoms in total. The molecule has 0 aliphatic rings. The Morgan fingerprint density at radius 1 is 1.62 bits per heavy atom. The molecule has 0 aliphatic heterocycles. The smallest absolute Gasteiger partial charge is 0.332 e. The fourth-order valence-corrected chi connectivity index (χ4v) is 0.842. The van der Waals surface area contributed by atoms with Gasteiger partial charge in [0.25, 0.3) is 0 Å². The molecule has 0 amide bonds. The highest BCUT2D eigenvalue weighted by Crippen LogP contribution is 2.06. The van der Waals surface area contributed by atoms with E-state index < -0.39 is 12.0 Å². The largest absolute Gasteiger partial charge is 0.479 e. The van der Waals surface area contributed by atoms with E-state index in [1.54, 1.807) is 0 Å². The number of aliphatic carboxylic acids is 1. The SMILES string of the molecule is CCC(=C[C@H](N=COOC)C(=O)O)N=CN. The van der Waals surface area contributed by atoms with E-state index in [2.05, 4.69) is 19.8 Å². The van der Waals surface area contributed by atoms with Crippen LogP contribution in [-0.2, 0) is 14.6 Å². The maximum absolute atomic E-state index is 10.8. The van der Waals surface area contributed by atoms with E-state index in [9.17, 15) is 4.79 Å². The summed E-state index contributed by atoms with van der Waals surface area (Å²) >= 11 is 0. The Labute approximate surface area is 93.2 Å². The molecular formula is C9H15N3O4. The molecule has 0 heterocycles. The van der Waals surface area contributed by atoms with Crippen molar-refractivity contribution in [3.05, 3.63) is 11.8 Å². The van der Waals surface area contributed by atoms with Gasteiger partial charge >= 0.3 is 5.97 Å². The summed E-state index contributed by atoms with van der Waals surface area (Å²) < 4.78 is 0. The highest BCUT2D eigenvalue weighted by atomic mass is 17.2. The van der Waals surface area contributed by atoms with Crippen molar-refractivity contribution in [3.8, 4) is 0 Å². The standard InChI is InChI=1S/C9H15N3O4/c1-3-7(11-5-10)4-8(9(13)14)12-6-16-15-2/h4-6,8H,3H2,1-2H3,(H2,10,11)(H,13,14)/t8-/m0/s1. The molecule has 0 aliphatic carbocycles. The van der Waals surface area contributed by atoms with Crippen LogP contribution in [0.25, 0.3) is 0 Å². The van der Waals surface area contributed by atoms with E-state index in [1.165, 1.54) is 13.2 Å². The van der Waals surface area contributed by atoms with Crippen molar-refractivity contribution in [2.75, 3.05) is 7.11 Å². The van der Waals surface area contributed by atoms with Crippen LogP contribution in [0.4, 0.5) is 0 Å². The molecule has 0 fully saturated rings. The van der Waals surface area contributed by atoms with Gasteiger partial charge in [-0.15, -0.1) is 0 Å². The number of allylic oxidation sites excluding steroid dienone is 1. The molecule has 0 bridgehead atoms.